The number of benzene rings is 2. The van der Waals surface area contributed by atoms with Crippen molar-refractivity contribution in [3.05, 3.63) is 59.5 Å². The third kappa shape index (κ3) is 6.03. The van der Waals surface area contributed by atoms with Crippen molar-refractivity contribution >= 4 is 5.97 Å². The Morgan fingerprint density at radius 3 is 2.39 bits per heavy atom. The largest absolute Gasteiger partial charge is 0.484 e. The van der Waals surface area contributed by atoms with Crippen LogP contribution in [0, 0.1) is 6.92 Å². The third-order valence-electron chi connectivity index (χ3n) is 4.58. The summed E-state index contributed by atoms with van der Waals surface area (Å²) < 4.78 is 59.7. The summed E-state index contributed by atoms with van der Waals surface area (Å²) in [4.78, 5) is 16.2. The van der Waals surface area contributed by atoms with Gasteiger partial charge in [0.2, 0.25) is 5.82 Å². The first-order chi connectivity index (χ1) is 15.5. The minimum absolute atomic E-state index is 0.0401. The molecule has 0 fully saturated rings. The van der Waals surface area contributed by atoms with E-state index >= 15 is 0 Å². The van der Waals surface area contributed by atoms with Crippen LogP contribution in [-0.2, 0) is 22.3 Å². The number of hydrogen-bond acceptors (Lipinski definition) is 7. The van der Waals surface area contributed by atoms with Gasteiger partial charge < -0.3 is 18.7 Å². The molecular weight excluding hydrogens is 441 g/mol. The molecule has 10 heteroatoms. The molecule has 0 amide bonds. The number of esters is 1. The molecular formula is C23H23F3N2O5. The second-order valence-corrected chi connectivity index (χ2v) is 7.64. The van der Waals surface area contributed by atoms with Gasteiger partial charge in [0.1, 0.15) is 11.5 Å². The number of aryl methyl sites for hydroxylation is 1. The molecule has 0 aliphatic rings. The van der Waals surface area contributed by atoms with Gasteiger partial charge in [-0.1, -0.05) is 17.3 Å². The minimum Gasteiger partial charge on any atom is -0.484 e. The fourth-order valence-corrected chi connectivity index (χ4v) is 2.83. The van der Waals surface area contributed by atoms with Crippen LogP contribution in [0.25, 0.3) is 11.4 Å². The van der Waals surface area contributed by atoms with Crippen LogP contribution in [0.2, 0.25) is 0 Å². The van der Waals surface area contributed by atoms with Gasteiger partial charge in [0, 0.05) is 5.56 Å². The normalized spacial score (nSPS) is 11.8. The van der Waals surface area contributed by atoms with E-state index in [1.165, 1.54) is 12.1 Å². The van der Waals surface area contributed by atoms with Crippen LogP contribution in [0.5, 0.6) is 11.5 Å². The van der Waals surface area contributed by atoms with Crippen molar-refractivity contribution in [1.82, 2.24) is 10.1 Å². The summed E-state index contributed by atoms with van der Waals surface area (Å²) in [7, 11) is 0. The molecule has 33 heavy (non-hydrogen) atoms. The molecule has 0 bridgehead atoms. The van der Waals surface area contributed by atoms with E-state index < -0.39 is 23.3 Å². The van der Waals surface area contributed by atoms with E-state index in [-0.39, 0.29) is 24.9 Å². The summed E-state index contributed by atoms with van der Waals surface area (Å²) in [6.07, 6.45) is -4.41. The molecule has 176 valence electrons. The second kappa shape index (κ2) is 9.51. The molecule has 0 saturated heterocycles. The van der Waals surface area contributed by atoms with Gasteiger partial charge in [0.05, 0.1) is 12.2 Å². The highest BCUT2D eigenvalue weighted by atomic mass is 19.4. The van der Waals surface area contributed by atoms with Crippen molar-refractivity contribution in [3.8, 4) is 22.9 Å². The van der Waals surface area contributed by atoms with E-state index in [2.05, 4.69) is 10.1 Å². The fourth-order valence-electron chi connectivity index (χ4n) is 2.83. The van der Waals surface area contributed by atoms with Crippen LogP contribution in [0.3, 0.4) is 0 Å². The van der Waals surface area contributed by atoms with Crippen LogP contribution in [0.1, 0.15) is 37.8 Å². The van der Waals surface area contributed by atoms with Gasteiger partial charge in [-0.2, -0.15) is 18.2 Å². The molecule has 3 aromatic rings. The molecule has 0 unspecified atom stereocenters. The smallest absolute Gasteiger partial charge is 0.416 e. The minimum atomic E-state index is -4.41. The van der Waals surface area contributed by atoms with Crippen LogP contribution in [-0.4, -0.2) is 28.3 Å². The summed E-state index contributed by atoms with van der Waals surface area (Å²) in [5.74, 6) is 0.852. The first-order valence-electron chi connectivity index (χ1n) is 10.1. The van der Waals surface area contributed by atoms with Crippen molar-refractivity contribution in [2.75, 3.05) is 6.61 Å². The highest BCUT2D eigenvalue weighted by Gasteiger charge is 2.32. The first-order valence-corrected chi connectivity index (χ1v) is 10.1. The van der Waals surface area contributed by atoms with Crippen LogP contribution < -0.4 is 9.47 Å². The molecule has 0 spiro atoms. The van der Waals surface area contributed by atoms with Gasteiger partial charge in [0.25, 0.3) is 5.89 Å². The molecule has 0 N–H and O–H groups in total. The van der Waals surface area contributed by atoms with E-state index in [4.69, 9.17) is 18.7 Å². The average molecular weight is 464 g/mol. The lowest BCUT2D eigenvalue weighted by Gasteiger charge is -2.25. The van der Waals surface area contributed by atoms with Gasteiger partial charge in [-0.25, -0.2) is 4.79 Å². The topological polar surface area (TPSA) is 83.7 Å². The molecule has 0 aliphatic heterocycles. The zero-order valence-electron chi connectivity index (χ0n) is 18.5. The number of carbonyl (C=O) groups excluding carboxylic acids is 1. The Labute approximate surface area is 188 Å². The highest BCUT2D eigenvalue weighted by molar-refractivity contribution is 5.79. The predicted octanol–water partition coefficient (Wildman–Crippen LogP) is 5.36. The monoisotopic (exact) mass is 464 g/mol. The summed E-state index contributed by atoms with van der Waals surface area (Å²) >= 11 is 0. The summed E-state index contributed by atoms with van der Waals surface area (Å²) in [5, 5.41) is 3.78. The molecule has 0 saturated carbocycles. The zero-order valence-corrected chi connectivity index (χ0v) is 18.5. The van der Waals surface area contributed by atoms with Crippen molar-refractivity contribution in [2.45, 2.75) is 46.1 Å². The van der Waals surface area contributed by atoms with Gasteiger partial charge >= 0.3 is 12.1 Å². The number of nitrogens with zero attached hydrogens (tertiary/aromatic N) is 2. The van der Waals surface area contributed by atoms with E-state index in [9.17, 15) is 18.0 Å². The maximum atomic E-state index is 12.7. The summed E-state index contributed by atoms with van der Waals surface area (Å²) in [6, 6.07) is 9.53. The molecule has 1 aromatic heterocycles. The molecule has 1 heterocycles. The lowest BCUT2D eigenvalue weighted by Crippen LogP contribution is -2.39. The van der Waals surface area contributed by atoms with Crippen molar-refractivity contribution < 1.29 is 36.7 Å². The maximum Gasteiger partial charge on any atom is 0.416 e. The summed E-state index contributed by atoms with van der Waals surface area (Å²) in [6.45, 7) is 6.99. The molecule has 7 nitrogen and oxygen atoms in total. The number of halogens is 3. The molecule has 0 aliphatic carbocycles. The highest BCUT2D eigenvalue weighted by Crippen LogP contribution is 2.31. The van der Waals surface area contributed by atoms with E-state index in [1.807, 2.05) is 0 Å². The lowest BCUT2D eigenvalue weighted by molar-refractivity contribution is -0.158. The first kappa shape index (κ1) is 24.1. The molecule has 2 aromatic carbocycles. The van der Waals surface area contributed by atoms with Crippen molar-refractivity contribution in [2.24, 2.45) is 0 Å². The Bertz CT molecular complexity index is 1110. The number of aromatic nitrogens is 2. The van der Waals surface area contributed by atoms with E-state index in [0.29, 0.717) is 17.1 Å². The van der Waals surface area contributed by atoms with Crippen LogP contribution in [0.4, 0.5) is 13.2 Å². The number of alkyl halides is 3. The number of rotatable bonds is 8. The Morgan fingerprint density at radius 2 is 1.79 bits per heavy atom. The van der Waals surface area contributed by atoms with Gasteiger partial charge in [-0.3, -0.25) is 0 Å². The number of carbonyl (C=O) groups is 1. The van der Waals surface area contributed by atoms with Crippen molar-refractivity contribution in [1.29, 1.82) is 0 Å². The standard InChI is InChI=1S/C23H23F3N2O5/c1-5-30-21(29)22(3,4)32-18-11-10-17(12-14(18)2)31-13-19-27-20(28-33-19)15-6-8-16(9-7-15)23(24,25)26/h6-12H,5,13H2,1-4H3. The van der Waals surface area contributed by atoms with Crippen molar-refractivity contribution in [3.63, 3.8) is 0 Å². The van der Waals surface area contributed by atoms with Gasteiger partial charge in [-0.15, -0.1) is 0 Å². The van der Waals surface area contributed by atoms with E-state index in [0.717, 1.165) is 17.7 Å². The maximum absolute atomic E-state index is 12.7. The van der Waals surface area contributed by atoms with Crippen LogP contribution >= 0.6 is 0 Å². The zero-order chi connectivity index (χ0) is 24.2. The Morgan fingerprint density at radius 1 is 1.09 bits per heavy atom. The Hall–Kier alpha value is -3.56. The van der Waals surface area contributed by atoms with Gasteiger partial charge in [0.15, 0.2) is 12.2 Å². The van der Waals surface area contributed by atoms with Crippen LogP contribution in [0.15, 0.2) is 47.0 Å². The Balaban J connectivity index is 1.62. The predicted molar refractivity (Wildman–Crippen MR) is 112 cm³/mol. The number of ether oxygens (including phenoxy) is 3. The summed E-state index contributed by atoms with van der Waals surface area (Å²) in [5.41, 5.74) is -0.783. The quantitative estimate of drug-likeness (QED) is 0.415. The fraction of sp³-hybridized carbons (Fsp3) is 0.348. The molecule has 0 atom stereocenters. The Kier molecular flexibility index (Phi) is 6.95. The number of hydrogen-bond donors (Lipinski definition) is 0. The molecule has 3 rings (SSSR count). The average Bonchev–Trinajstić information content (AvgIpc) is 3.23. The van der Waals surface area contributed by atoms with Gasteiger partial charge in [-0.05, 0) is 63.6 Å². The molecule has 0 radical (unpaired) electrons. The third-order valence-corrected chi connectivity index (χ3v) is 4.58. The second-order valence-electron chi connectivity index (χ2n) is 7.64. The van der Waals surface area contributed by atoms with E-state index in [1.54, 1.807) is 45.9 Å². The SMILES string of the molecule is CCOC(=O)C(C)(C)Oc1ccc(OCc2nc(-c3ccc(C(F)(F)F)cc3)no2)cc1C. The lowest BCUT2D eigenvalue weighted by atomic mass is 10.1.